The highest BCUT2D eigenvalue weighted by atomic mass is 35.5. The van der Waals surface area contributed by atoms with E-state index in [1.165, 1.54) is 12.1 Å². The van der Waals surface area contributed by atoms with E-state index < -0.39 is 23.6 Å². The number of ether oxygens (including phenoxy) is 2. The van der Waals surface area contributed by atoms with E-state index in [1.807, 2.05) is 0 Å². The first-order valence-electron chi connectivity index (χ1n) is 11.0. The highest BCUT2D eigenvalue weighted by molar-refractivity contribution is 6.31. The van der Waals surface area contributed by atoms with E-state index in [4.69, 9.17) is 32.7 Å². The average Bonchev–Trinajstić information content (AvgIpc) is 3.28. The van der Waals surface area contributed by atoms with Gasteiger partial charge in [-0.15, -0.1) is 0 Å². The van der Waals surface area contributed by atoms with Gasteiger partial charge in [0.25, 0.3) is 11.8 Å². The number of aliphatic hydroxyl groups is 1. The molecule has 7 nitrogen and oxygen atoms in total. The summed E-state index contributed by atoms with van der Waals surface area (Å²) in [5, 5.41) is 17.0. The van der Waals surface area contributed by atoms with E-state index >= 15 is 0 Å². The number of halogens is 3. The van der Waals surface area contributed by atoms with Crippen LogP contribution < -0.4 is 20.1 Å². The quantitative estimate of drug-likeness (QED) is 0.554. The van der Waals surface area contributed by atoms with Crippen LogP contribution in [0.2, 0.25) is 10.0 Å². The van der Waals surface area contributed by atoms with Crippen LogP contribution in [-0.2, 0) is 9.59 Å². The van der Waals surface area contributed by atoms with Gasteiger partial charge in [-0.05, 0) is 55.5 Å². The first kappa shape index (κ1) is 23.2. The second-order valence-electron chi connectivity index (χ2n) is 9.22. The number of amides is 2. The third-order valence-corrected chi connectivity index (χ3v) is 7.35. The third-order valence-electron chi connectivity index (χ3n) is 6.81. The molecule has 0 spiro atoms. The molecule has 3 N–H and O–H groups in total. The van der Waals surface area contributed by atoms with Gasteiger partial charge in [-0.25, -0.2) is 4.39 Å². The molecule has 2 aromatic rings. The van der Waals surface area contributed by atoms with Gasteiger partial charge in [0.15, 0.2) is 12.7 Å². The molecule has 3 fully saturated rings. The molecule has 0 aromatic heterocycles. The maximum Gasteiger partial charge on any atom is 0.261 e. The molecular weight excluding hydrogens is 486 g/mol. The molecule has 180 valence electrons. The fourth-order valence-corrected chi connectivity index (χ4v) is 5.49. The number of carbonyl (C=O) groups is 2. The lowest BCUT2D eigenvalue weighted by Gasteiger charge is -2.40. The summed E-state index contributed by atoms with van der Waals surface area (Å²) in [7, 11) is 0. The number of benzene rings is 2. The number of hydrogen-bond acceptors (Lipinski definition) is 5. The zero-order valence-corrected chi connectivity index (χ0v) is 19.5. The van der Waals surface area contributed by atoms with Gasteiger partial charge in [0, 0.05) is 34.7 Å². The van der Waals surface area contributed by atoms with Crippen LogP contribution in [0.1, 0.15) is 37.4 Å². The molecule has 2 amide bonds. The maximum atomic E-state index is 13.5. The molecule has 1 heterocycles. The number of rotatable bonds is 6. The minimum absolute atomic E-state index is 0.0170. The third kappa shape index (κ3) is 4.54. The van der Waals surface area contributed by atoms with Crippen molar-refractivity contribution in [2.45, 2.75) is 49.5 Å². The number of carbonyl (C=O) groups excluding carboxylic acids is 2. The highest BCUT2D eigenvalue weighted by Gasteiger charge is 2.57. The Hall–Kier alpha value is -2.55. The van der Waals surface area contributed by atoms with E-state index in [2.05, 4.69) is 10.6 Å². The van der Waals surface area contributed by atoms with Crippen molar-refractivity contribution < 1.29 is 28.6 Å². The Balaban J connectivity index is 1.12. The molecule has 3 saturated carbocycles. The van der Waals surface area contributed by atoms with Crippen molar-refractivity contribution in [3.8, 4) is 11.5 Å². The van der Waals surface area contributed by atoms with Gasteiger partial charge in [-0.3, -0.25) is 9.59 Å². The van der Waals surface area contributed by atoms with Gasteiger partial charge >= 0.3 is 0 Å². The number of aliphatic hydroxyl groups excluding tert-OH is 1. The van der Waals surface area contributed by atoms with Crippen molar-refractivity contribution >= 4 is 35.0 Å². The Kier molecular flexibility index (Phi) is 6.08. The summed E-state index contributed by atoms with van der Waals surface area (Å²) in [5.74, 6) is -0.283. The SMILES string of the molecule is O=C(COc1ccc(Cl)c(F)c1)NC1CC2(NC(=O)[C@H]3C[C@@H](O)c4cc(Cl)ccc4O3)CC1C2. The van der Waals surface area contributed by atoms with Gasteiger partial charge in [0.1, 0.15) is 17.3 Å². The number of fused-ring (bicyclic) bond motifs is 2. The lowest BCUT2D eigenvalue weighted by Crippen LogP contribution is -2.56. The van der Waals surface area contributed by atoms with Crippen LogP contribution in [0.3, 0.4) is 0 Å². The minimum atomic E-state index is -0.838. The Bertz CT molecular complexity index is 1140. The number of hydrogen-bond donors (Lipinski definition) is 3. The van der Waals surface area contributed by atoms with Crippen LogP contribution in [0.15, 0.2) is 36.4 Å². The van der Waals surface area contributed by atoms with Gasteiger partial charge in [-0.2, -0.15) is 0 Å². The van der Waals surface area contributed by atoms with Crippen LogP contribution in [0.25, 0.3) is 0 Å². The molecule has 3 aliphatic carbocycles. The molecule has 2 aromatic carbocycles. The first-order chi connectivity index (χ1) is 16.2. The van der Waals surface area contributed by atoms with Crippen molar-refractivity contribution in [2.75, 3.05) is 6.61 Å². The normalized spacial score (nSPS) is 28.8. The summed E-state index contributed by atoms with van der Waals surface area (Å²) in [5.41, 5.74) is 0.180. The molecule has 0 radical (unpaired) electrons. The zero-order chi connectivity index (χ0) is 24.0. The van der Waals surface area contributed by atoms with Crippen molar-refractivity contribution in [1.29, 1.82) is 0 Å². The minimum Gasteiger partial charge on any atom is -0.484 e. The van der Waals surface area contributed by atoms with Crippen LogP contribution in [0.5, 0.6) is 11.5 Å². The molecule has 2 bridgehead atoms. The molecule has 34 heavy (non-hydrogen) atoms. The van der Waals surface area contributed by atoms with E-state index in [1.54, 1.807) is 18.2 Å². The lowest BCUT2D eigenvalue weighted by atomic mass is 9.76. The molecule has 10 heteroatoms. The van der Waals surface area contributed by atoms with Crippen molar-refractivity contribution in [3.05, 3.63) is 57.8 Å². The fraction of sp³-hybridized carbons (Fsp3) is 0.417. The van der Waals surface area contributed by atoms with Crippen molar-refractivity contribution in [2.24, 2.45) is 5.92 Å². The predicted molar refractivity (Wildman–Crippen MR) is 122 cm³/mol. The zero-order valence-electron chi connectivity index (χ0n) is 18.0. The van der Waals surface area contributed by atoms with E-state index in [-0.39, 0.29) is 47.6 Å². The molecule has 3 atom stereocenters. The topological polar surface area (TPSA) is 96.9 Å². The Morgan fingerprint density at radius 3 is 2.74 bits per heavy atom. The summed E-state index contributed by atoms with van der Waals surface area (Å²) in [4.78, 5) is 25.3. The number of nitrogens with one attached hydrogen (secondary N) is 2. The smallest absolute Gasteiger partial charge is 0.261 e. The molecular formula is C24H23Cl2FN2O5. The van der Waals surface area contributed by atoms with Crippen molar-refractivity contribution in [1.82, 2.24) is 10.6 Å². The summed E-state index contributed by atoms with van der Waals surface area (Å²) < 4.78 is 24.7. The van der Waals surface area contributed by atoms with Crippen LogP contribution in [0, 0.1) is 11.7 Å². The summed E-state index contributed by atoms with van der Waals surface area (Å²) in [6.45, 7) is -0.249. The summed E-state index contributed by atoms with van der Waals surface area (Å²) in [6.07, 6.45) is 0.615. The molecule has 0 saturated heterocycles. The second kappa shape index (κ2) is 8.91. The van der Waals surface area contributed by atoms with Gasteiger partial charge in [-0.1, -0.05) is 23.2 Å². The van der Waals surface area contributed by atoms with Crippen LogP contribution >= 0.6 is 23.2 Å². The Morgan fingerprint density at radius 2 is 1.97 bits per heavy atom. The van der Waals surface area contributed by atoms with E-state index in [0.717, 1.165) is 18.9 Å². The predicted octanol–water partition coefficient (Wildman–Crippen LogP) is 3.55. The van der Waals surface area contributed by atoms with Crippen molar-refractivity contribution in [3.63, 3.8) is 0 Å². The van der Waals surface area contributed by atoms with Gasteiger partial charge < -0.3 is 25.2 Å². The standard InChI is InChI=1S/C24H23Cl2FN2O5/c25-13-1-4-20-15(5-13)19(30)7-21(34-20)23(32)29-24-8-12(9-24)18(10-24)28-22(31)11-33-14-2-3-16(26)17(27)6-14/h1-6,12,18-19,21,30H,7-11H2,(H,28,31)(H,29,32)/t12?,18?,19-,21-,24?/m1/s1. The molecule has 6 rings (SSSR count). The summed E-state index contributed by atoms with van der Waals surface area (Å²) in [6, 6.07) is 8.85. The largest absolute Gasteiger partial charge is 0.484 e. The molecule has 1 aliphatic heterocycles. The molecule has 4 aliphatic rings. The summed E-state index contributed by atoms with van der Waals surface area (Å²) >= 11 is 11.6. The van der Waals surface area contributed by atoms with Gasteiger partial charge in [0.05, 0.1) is 11.1 Å². The molecule has 1 unspecified atom stereocenters. The average molecular weight is 509 g/mol. The second-order valence-corrected chi connectivity index (χ2v) is 10.1. The Labute approximate surface area is 205 Å². The fourth-order valence-electron chi connectivity index (χ4n) is 5.19. The van der Waals surface area contributed by atoms with E-state index in [9.17, 15) is 19.1 Å². The Morgan fingerprint density at radius 1 is 1.18 bits per heavy atom. The maximum absolute atomic E-state index is 13.5. The van der Waals surface area contributed by atoms with Gasteiger partial charge in [0.2, 0.25) is 0 Å². The van der Waals surface area contributed by atoms with Crippen LogP contribution in [0.4, 0.5) is 4.39 Å². The lowest BCUT2D eigenvalue weighted by molar-refractivity contribution is -0.133. The van der Waals surface area contributed by atoms with E-state index in [0.29, 0.717) is 22.8 Å². The first-order valence-corrected chi connectivity index (χ1v) is 11.8. The highest BCUT2D eigenvalue weighted by Crippen LogP contribution is 2.52. The van der Waals surface area contributed by atoms with Crippen LogP contribution in [-0.4, -0.2) is 41.2 Å². The monoisotopic (exact) mass is 508 g/mol.